The van der Waals surface area contributed by atoms with Gasteiger partial charge in [-0.3, -0.25) is 0 Å². The molecule has 0 nitrogen and oxygen atoms in total. The minimum absolute atomic E-state index is 1.07. The molecule has 0 aliphatic rings. The molecule has 0 N–H and O–H groups in total. The van der Waals surface area contributed by atoms with E-state index in [0.29, 0.717) is 0 Å². The Labute approximate surface area is 129 Å². The lowest BCUT2D eigenvalue weighted by Gasteiger charge is -2.34. The molecule has 0 amide bonds. The molecule has 0 atom stereocenters. The van der Waals surface area contributed by atoms with Gasteiger partial charge in [0.15, 0.2) is 0 Å². The van der Waals surface area contributed by atoms with Crippen LogP contribution in [-0.2, 0) is 0 Å². The SMILES string of the molecule is CCCCCCS(Cl)(c1ccccc1)c1ccccc1. The van der Waals surface area contributed by atoms with E-state index in [2.05, 4.69) is 67.6 Å². The zero-order valence-electron chi connectivity index (χ0n) is 12.1. The number of hydrogen-bond donors (Lipinski definition) is 0. The Hall–Kier alpha value is -0.920. The van der Waals surface area contributed by atoms with Crippen molar-refractivity contribution >= 4 is 19.9 Å². The number of hydrogen-bond acceptors (Lipinski definition) is 0. The fourth-order valence-corrected chi connectivity index (χ4v) is 5.84. The first kappa shape index (κ1) is 15.5. The minimum Gasteiger partial charge on any atom is -0.108 e. The van der Waals surface area contributed by atoms with Crippen molar-refractivity contribution in [2.45, 2.75) is 42.4 Å². The summed E-state index contributed by atoms with van der Waals surface area (Å²) < 4.78 is 0. The van der Waals surface area contributed by atoms with E-state index in [1.165, 1.54) is 35.5 Å². The zero-order chi connectivity index (χ0) is 14.3. The number of unbranched alkanes of at least 4 members (excludes halogenated alkanes) is 3. The van der Waals surface area contributed by atoms with Gasteiger partial charge in [-0.2, -0.15) is 0 Å². The molecule has 0 aliphatic heterocycles. The van der Waals surface area contributed by atoms with Gasteiger partial charge in [0.25, 0.3) is 0 Å². The van der Waals surface area contributed by atoms with Crippen LogP contribution in [0.3, 0.4) is 0 Å². The maximum absolute atomic E-state index is 7.15. The molecule has 0 saturated carbocycles. The first-order chi connectivity index (χ1) is 9.77. The van der Waals surface area contributed by atoms with Crippen LogP contribution in [0.15, 0.2) is 70.5 Å². The van der Waals surface area contributed by atoms with Crippen LogP contribution in [0.4, 0.5) is 0 Å². The third-order valence-electron chi connectivity index (χ3n) is 3.51. The van der Waals surface area contributed by atoms with Crippen molar-refractivity contribution in [2.75, 3.05) is 5.75 Å². The van der Waals surface area contributed by atoms with Crippen LogP contribution in [-0.4, -0.2) is 5.75 Å². The molecular formula is C18H23ClS. The molecular weight excluding hydrogens is 284 g/mol. The first-order valence-corrected chi connectivity index (χ1v) is 10.0. The average molecular weight is 307 g/mol. The Morgan fingerprint density at radius 1 is 0.750 bits per heavy atom. The summed E-state index contributed by atoms with van der Waals surface area (Å²) in [5, 5.41) is 0. The summed E-state index contributed by atoms with van der Waals surface area (Å²) in [6.45, 7) is 2.25. The Balaban J connectivity index is 2.24. The van der Waals surface area contributed by atoms with Gasteiger partial charge in [0, 0.05) is 9.79 Å². The molecule has 2 aromatic carbocycles. The van der Waals surface area contributed by atoms with E-state index in [1.54, 1.807) is 0 Å². The molecule has 0 saturated heterocycles. The summed E-state index contributed by atoms with van der Waals surface area (Å²) in [7, 11) is 5.75. The number of benzene rings is 2. The highest BCUT2D eigenvalue weighted by Gasteiger charge is 2.25. The molecule has 2 rings (SSSR count). The van der Waals surface area contributed by atoms with Gasteiger partial charge in [-0.1, -0.05) is 73.3 Å². The molecule has 0 aromatic heterocycles. The second kappa shape index (κ2) is 7.75. The maximum atomic E-state index is 7.15. The van der Waals surface area contributed by atoms with Gasteiger partial charge in [-0.15, -0.1) is 9.24 Å². The first-order valence-electron chi connectivity index (χ1n) is 7.38. The maximum Gasteiger partial charge on any atom is 0.00728 e. The molecule has 0 unspecified atom stereocenters. The molecule has 2 aromatic rings. The van der Waals surface area contributed by atoms with E-state index in [9.17, 15) is 0 Å². The summed E-state index contributed by atoms with van der Waals surface area (Å²) >= 11 is 0. The van der Waals surface area contributed by atoms with Crippen LogP contribution in [0, 0.1) is 0 Å². The fourth-order valence-electron chi connectivity index (χ4n) is 2.37. The monoisotopic (exact) mass is 306 g/mol. The van der Waals surface area contributed by atoms with Crippen molar-refractivity contribution < 1.29 is 0 Å². The van der Waals surface area contributed by atoms with Gasteiger partial charge in [0.1, 0.15) is 0 Å². The quantitative estimate of drug-likeness (QED) is 0.503. The Morgan fingerprint density at radius 3 is 1.70 bits per heavy atom. The lowest BCUT2D eigenvalue weighted by molar-refractivity contribution is 0.705. The Kier molecular flexibility index (Phi) is 6.00. The standard InChI is InChI=1S/C18H23ClS/c1-2-3-4-11-16-20(19,17-12-7-5-8-13-17)18-14-9-6-10-15-18/h5-10,12-15H,2-4,11,16H2,1H3. The van der Waals surface area contributed by atoms with Crippen LogP contribution < -0.4 is 0 Å². The topological polar surface area (TPSA) is 0 Å². The molecule has 0 heterocycles. The highest BCUT2D eigenvalue weighted by molar-refractivity contribution is 8.51. The van der Waals surface area contributed by atoms with Crippen LogP contribution in [0.5, 0.6) is 0 Å². The molecule has 0 radical (unpaired) electrons. The van der Waals surface area contributed by atoms with E-state index in [-0.39, 0.29) is 0 Å². The normalized spacial score (nSPS) is 12.3. The van der Waals surface area contributed by atoms with Crippen molar-refractivity contribution in [3.63, 3.8) is 0 Å². The summed E-state index contributed by atoms with van der Waals surface area (Å²) in [6, 6.07) is 21.2. The van der Waals surface area contributed by atoms with Crippen LogP contribution >= 0.6 is 19.9 Å². The predicted molar refractivity (Wildman–Crippen MR) is 91.9 cm³/mol. The molecule has 0 aliphatic carbocycles. The summed E-state index contributed by atoms with van der Waals surface area (Å²) in [5.74, 6) is 1.07. The summed E-state index contributed by atoms with van der Waals surface area (Å²) in [5.41, 5.74) is 0. The van der Waals surface area contributed by atoms with Crippen molar-refractivity contribution in [3.8, 4) is 0 Å². The third-order valence-corrected chi connectivity index (χ3v) is 7.93. The van der Waals surface area contributed by atoms with Gasteiger partial charge in [-0.25, -0.2) is 0 Å². The molecule has 20 heavy (non-hydrogen) atoms. The van der Waals surface area contributed by atoms with E-state index in [1.807, 2.05) is 0 Å². The lowest BCUT2D eigenvalue weighted by atomic mass is 10.2. The average Bonchev–Trinajstić information content (AvgIpc) is 2.53. The molecule has 0 fully saturated rings. The highest BCUT2D eigenvalue weighted by atomic mass is 35.7. The highest BCUT2D eigenvalue weighted by Crippen LogP contribution is 2.66. The van der Waals surface area contributed by atoms with Gasteiger partial charge in [-0.05, 0) is 36.4 Å². The second-order valence-electron chi connectivity index (χ2n) is 5.05. The number of halogens is 1. The Morgan fingerprint density at radius 2 is 1.25 bits per heavy atom. The molecule has 0 bridgehead atoms. The van der Waals surface area contributed by atoms with Gasteiger partial charge < -0.3 is 0 Å². The molecule has 0 spiro atoms. The minimum atomic E-state index is -1.40. The second-order valence-corrected chi connectivity index (χ2v) is 9.28. The third kappa shape index (κ3) is 3.80. The fraction of sp³-hybridized carbons (Fsp3) is 0.333. The van der Waals surface area contributed by atoms with Crippen molar-refractivity contribution in [1.29, 1.82) is 0 Å². The van der Waals surface area contributed by atoms with E-state index < -0.39 is 9.24 Å². The van der Waals surface area contributed by atoms with E-state index >= 15 is 0 Å². The predicted octanol–water partition coefficient (Wildman–Crippen LogP) is 6.64. The summed E-state index contributed by atoms with van der Waals surface area (Å²) in [6.07, 6.45) is 5.05. The largest absolute Gasteiger partial charge is 0.108 e. The molecule has 108 valence electrons. The van der Waals surface area contributed by atoms with Crippen molar-refractivity contribution in [1.82, 2.24) is 0 Å². The van der Waals surface area contributed by atoms with Crippen molar-refractivity contribution in [2.24, 2.45) is 0 Å². The van der Waals surface area contributed by atoms with E-state index in [4.69, 9.17) is 10.7 Å². The lowest BCUT2D eigenvalue weighted by Crippen LogP contribution is -2.01. The molecule has 2 heteroatoms. The summed E-state index contributed by atoms with van der Waals surface area (Å²) in [4.78, 5) is 2.56. The van der Waals surface area contributed by atoms with Gasteiger partial charge >= 0.3 is 0 Å². The van der Waals surface area contributed by atoms with Gasteiger partial charge in [0.2, 0.25) is 0 Å². The van der Waals surface area contributed by atoms with Crippen molar-refractivity contribution in [3.05, 3.63) is 60.7 Å². The Bertz CT molecular complexity index is 456. The van der Waals surface area contributed by atoms with Gasteiger partial charge in [0.05, 0.1) is 0 Å². The van der Waals surface area contributed by atoms with Crippen LogP contribution in [0.2, 0.25) is 0 Å². The van der Waals surface area contributed by atoms with E-state index in [0.717, 1.165) is 5.75 Å². The van der Waals surface area contributed by atoms with Crippen LogP contribution in [0.25, 0.3) is 0 Å². The zero-order valence-corrected chi connectivity index (χ0v) is 13.7. The van der Waals surface area contributed by atoms with Crippen LogP contribution in [0.1, 0.15) is 32.6 Å². The smallest absolute Gasteiger partial charge is 0.00728 e. The number of rotatable bonds is 7.